The molecule has 3 rings (SSSR count). The molecule has 1 aliphatic heterocycles. The number of carbonyl (C=O) groups excluding carboxylic acids is 2. The summed E-state index contributed by atoms with van der Waals surface area (Å²) in [7, 11) is 5.44. The quantitative estimate of drug-likeness (QED) is 0.438. The molecule has 0 bridgehead atoms. The van der Waals surface area contributed by atoms with Crippen molar-refractivity contribution in [2.45, 2.75) is 6.04 Å². The van der Waals surface area contributed by atoms with Gasteiger partial charge in [-0.25, -0.2) is 4.39 Å². The summed E-state index contributed by atoms with van der Waals surface area (Å²) in [6.07, 6.45) is 0. The van der Waals surface area contributed by atoms with Crippen LogP contribution < -0.4 is 9.64 Å². The highest BCUT2D eigenvalue weighted by molar-refractivity contribution is 6.46. The molecule has 7 heteroatoms. The van der Waals surface area contributed by atoms with Gasteiger partial charge in [0.1, 0.15) is 17.3 Å². The maximum atomic E-state index is 13.3. The minimum absolute atomic E-state index is 0.0105. The Labute approximate surface area is 168 Å². The summed E-state index contributed by atoms with van der Waals surface area (Å²) in [5, 5.41) is 10.9. The van der Waals surface area contributed by atoms with E-state index < -0.39 is 23.5 Å². The highest BCUT2D eigenvalue weighted by Crippen LogP contribution is 2.39. The monoisotopic (exact) mass is 399 g/mol. The lowest BCUT2D eigenvalue weighted by Crippen LogP contribution is -3.06. The van der Waals surface area contributed by atoms with Crippen molar-refractivity contribution in [3.05, 3.63) is 71.0 Å². The van der Waals surface area contributed by atoms with E-state index in [4.69, 9.17) is 4.74 Å². The van der Waals surface area contributed by atoms with Crippen LogP contribution in [0, 0.1) is 5.82 Å². The Balaban J connectivity index is 2.15. The third kappa shape index (κ3) is 4.14. The third-order valence-electron chi connectivity index (χ3n) is 4.92. The number of ketones is 1. The Morgan fingerprint density at radius 3 is 2.48 bits per heavy atom. The number of aliphatic hydroxyl groups is 1. The molecule has 29 heavy (non-hydrogen) atoms. The molecule has 1 amide bonds. The first-order valence-electron chi connectivity index (χ1n) is 9.30. The van der Waals surface area contributed by atoms with E-state index >= 15 is 0 Å². The molecule has 0 spiro atoms. The minimum Gasteiger partial charge on any atom is -0.507 e. The number of hydrogen-bond donors (Lipinski definition) is 2. The molecule has 0 radical (unpaired) electrons. The predicted octanol–water partition coefficient (Wildman–Crippen LogP) is 1.40. The number of halogens is 1. The topological polar surface area (TPSA) is 71.3 Å². The van der Waals surface area contributed by atoms with Gasteiger partial charge in [0, 0.05) is 5.56 Å². The fourth-order valence-corrected chi connectivity index (χ4v) is 3.38. The molecular weight excluding hydrogens is 375 g/mol. The van der Waals surface area contributed by atoms with Gasteiger partial charge in [-0.1, -0.05) is 12.1 Å². The number of nitrogens with one attached hydrogen (secondary N) is 1. The lowest BCUT2D eigenvalue weighted by atomic mass is 9.95. The lowest BCUT2D eigenvalue weighted by molar-refractivity contribution is -0.857. The van der Waals surface area contributed by atoms with Gasteiger partial charge in [-0.2, -0.15) is 0 Å². The van der Waals surface area contributed by atoms with Gasteiger partial charge >= 0.3 is 0 Å². The molecule has 2 aromatic carbocycles. The molecule has 152 valence electrons. The second-order valence-corrected chi connectivity index (χ2v) is 7.23. The highest BCUT2D eigenvalue weighted by atomic mass is 19.1. The lowest BCUT2D eigenvalue weighted by Gasteiger charge is -2.26. The summed E-state index contributed by atoms with van der Waals surface area (Å²) in [5.74, 6) is -1.62. The molecule has 0 aliphatic carbocycles. The Bertz CT molecular complexity index is 954. The SMILES string of the molecule is COc1cccc([C@H]2C(=C(O)c3ccc(F)cc3)C(=O)C(=O)N2CC[NH+](C)C)c1. The van der Waals surface area contributed by atoms with Crippen LogP contribution in [0.25, 0.3) is 5.76 Å². The molecule has 1 fully saturated rings. The van der Waals surface area contributed by atoms with Crippen molar-refractivity contribution in [3.8, 4) is 5.75 Å². The molecule has 1 heterocycles. The van der Waals surface area contributed by atoms with E-state index in [0.29, 0.717) is 24.4 Å². The molecule has 2 N–H and O–H groups in total. The second kappa shape index (κ2) is 8.45. The van der Waals surface area contributed by atoms with Gasteiger partial charge in [0.15, 0.2) is 0 Å². The number of likely N-dealkylation sites (N-methyl/N-ethyl adjacent to an activating group) is 1. The van der Waals surface area contributed by atoms with E-state index in [-0.39, 0.29) is 16.9 Å². The normalized spacial score (nSPS) is 18.5. The molecule has 1 aliphatic rings. The summed E-state index contributed by atoms with van der Waals surface area (Å²) in [6.45, 7) is 0.971. The fraction of sp³-hybridized carbons (Fsp3) is 0.273. The van der Waals surface area contributed by atoms with Crippen LogP contribution in [0.15, 0.2) is 54.1 Å². The zero-order valence-electron chi connectivity index (χ0n) is 16.6. The van der Waals surface area contributed by atoms with Crippen molar-refractivity contribution in [2.75, 3.05) is 34.3 Å². The largest absolute Gasteiger partial charge is 0.507 e. The van der Waals surface area contributed by atoms with Crippen molar-refractivity contribution in [1.82, 2.24) is 4.90 Å². The van der Waals surface area contributed by atoms with Crippen LogP contribution in [0.5, 0.6) is 5.75 Å². The number of benzene rings is 2. The van der Waals surface area contributed by atoms with Gasteiger partial charge in [-0.3, -0.25) is 9.59 Å². The fourth-order valence-electron chi connectivity index (χ4n) is 3.38. The first-order valence-corrected chi connectivity index (χ1v) is 9.30. The van der Waals surface area contributed by atoms with E-state index in [1.165, 1.54) is 36.3 Å². The van der Waals surface area contributed by atoms with Crippen LogP contribution >= 0.6 is 0 Å². The van der Waals surface area contributed by atoms with Crippen LogP contribution in [0.4, 0.5) is 4.39 Å². The van der Waals surface area contributed by atoms with E-state index in [1.807, 2.05) is 14.1 Å². The maximum Gasteiger partial charge on any atom is 0.295 e. The van der Waals surface area contributed by atoms with Gasteiger partial charge in [-0.15, -0.1) is 0 Å². The first kappa shape index (κ1) is 20.5. The number of hydrogen-bond acceptors (Lipinski definition) is 4. The summed E-state index contributed by atoms with van der Waals surface area (Å²) in [5.41, 5.74) is 0.917. The standard InChI is InChI=1S/C22H23FN2O4/c1-24(2)11-12-25-19(15-5-4-6-17(13-15)29-3)18(21(27)22(25)28)20(26)14-7-9-16(23)10-8-14/h4-10,13,19,26H,11-12H2,1-3H3/p+1/t19-/m0/s1. The van der Waals surface area contributed by atoms with Gasteiger partial charge < -0.3 is 19.6 Å². The van der Waals surface area contributed by atoms with Crippen LogP contribution in [0.3, 0.4) is 0 Å². The van der Waals surface area contributed by atoms with E-state index in [0.717, 1.165) is 4.90 Å². The van der Waals surface area contributed by atoms with E-state index in [1.54, 1.807) is 24.3 Å². The van der Waals surface area contributed by atoms with Crippen molar-refractivity contribution < 1.29 is 28.7 Å². The number of quaternary nitrogens is 1. The molecule has 6 nitrogen and oxygen atoms in total. The Morgan fingerprint density at radius 1 is 1.17 bits per heavy atom. The number of ether oxygens (including phenoxy) is 1. The third-order valence-corrected chi connectivity index (χ3v) is 4.92. The molecule has 0 saturated carbocycles. The van der Waals surface area contributed by atoms with Gasteiger partial charge in [-0.05, 0) is 42.0 Å². The Hall–Kier alpha value is -3.19. The van der Waals surface area contributed by atoms with Crippen molar-refractivity contribution in [1.29, 1.82) is 0 Å². The average molecular weight is 399 g/mol. The molecule has 1 saturated heterocycles. The number of likely N-dealkylation sites (tertiary alicyclic amines) is 1. The molecule has 2 aromatic rings. The number of aliphatic hydroxyl groups excluding tert-OH is 1. The summed E-state index contributed by atoms with van der Waals surface area (Å²) in [4.78, 5) is 28.2. The van der Waals surface area contributed by atoms with Gasteiger partial charge in [0.05, 0.1) is 45.9 Å². The van der Waals surface area contributed by atoms with Crippen LogP contribution in [-0.4, -0.2) is 56.0 Å². The smallest absolute Gasteiger partial charge is 0.295 e. The Morgan fingerprint density at radius 2 is 1.86 bits per heavy atom. The summed E-state index contributed by atoms with van der Waals surface area (Å²) in [6, 6.07) is 11.5. The number of Topliss-reactive ketones (excluding diaryl/α,β-unsaturated/α-hetero) is 1. The number of carbonyl (C=O) groups is 2. The zero-order chi connectivity index (χ0) is 21.1. The minimum atomic E-state index is -0.756. The molecule has 0 aromatic heterocycles. The van der Waals surface area contributed by atoms with E-state index in [2.05, 4.69) is 0 Å². The van der Waals surface area contributed by atoms with Crippen molar-refractivity contribution >= 4 is 17.4 Å². The maximum absolute atomic E-state index is 13.3. The number of rotatable bonds is 6. The summed E-state index contributed by atoms with van der Waals surface area (Å²) < 4.78 is 18.6. The average Bonchev–Trinajstić information content (AvgIpc) is 2.97. The number of methoxy groups -OCH3 is 1. The van der Waals surface area contributed by atoms with Crippen LogP contribution in [0.2, 0.25) is 0 Å². The van der Waals surface area contributed by atoms with Crippen molar-refractivity contribution in [3.63, 3.8) is 0 Å². The predicted molar refractivity (Wildman–Crippen MR) is 106 cm³/mol. The van der Waals surface area contributed by atoms with Crippen LogP contribution in [-0.2, 0) is 9.59 Å². The number of amides is 1. The number of nitrogens with zero attached hydrogens (tertiary/aromatic N) is 1. The summed E-state index contributed by atoms with van der Waals surface area (Å²) >= 11 is 0. The first-order chi connectivity index (χ1) is 13.8. The highest BCUT2D eigenvalue weighted by Gasteiger charge is 2.46. The molecule has 1 atom stereocenters. The second-order valence-electron chi connectivity index (χ2n) is 7.23. The van der Waals surface area contributed by atoms with Gasteiger partial charge in [0.25, 0.3) is 11.7 Å². The zero-order valence-corrected chi connectivity index (χ0v) is 16.6. The Kier molecular flexibility index (Phi) is 5.98. The van der Waals surface area contributed by atoms with E-state index in [9.17, 15) is 19.1 Å². The van der Waals surface area contributed by atoms with Gasteiger partial charge in [0.2, 0.25) is 0 Å². The molecular formula is C22H24FN2O4+. The molecule has 0 unspecified atom stereocenters. The van der Waals surface area contributed by atoms with Crippen molar-refractivity contribution in [2.24, 2.45) is 0 Å². The van der Waals surface area contributed by atoms with Crippen LogP contribution in [0.1, 0.15) is 17.2 Å².